The number of hydrogen-bond donors (Lipinski definition) is 1. The minimum atomic E-state index is 0.410. The molecule has 2 fully saturated rings. The SMILES string of the molecule is CCOC1CC(N[C@H](C)c2ccc(Br)cc2)C12CCC2. The second-order valence-corrected chi connectivity index (χ2v) is 7.17. The molecule has 3 rings (SSSR count). The molecule has 0 amide bonds. The zero-order chi connectivity index (χ0) is 14.2. The summed E-state index contributed by atoms with van der Waals surface area (Å²) in [6.45, 7) is 5.22. The van der Waals surface area contributed by atoms with Gasteiger partial charge in [-0.05, 0) is 50.8 Å². The van der Waals surface area contributed by atoms with Gasteiger partial charge in [0.1, 0.15) is 0 Å². The number of halogens is 1. The molecule has 2 aliphatic carbocycles. The van der Waals surface area contributed by atoms with Crippen molar-refractivity contribution in [2.45, 2.75) is 57.7 Å². The number of ether oxygens (including phenoxy) is 1. The smallest absolute Gasteiger partial charge is 0.0661 e. The Hall–Kier alpha value is -0.380. The molecule has 0 saturated heterocycles. The molecule has 20 heavy (non-hydrogen) atoms. The van der Waals surface area contributed by atoms with E-state index in [0.717, 1.165) is 11.1 Å². The first-order valence-electron chi connectivity index (χ1n) is 7.79. The standard InChI is InChI=1S/C17H24BrNO/c1-3-20-16-11-15(17(16)9-4-10-17)19-12(2)13-5-7-14(18)8-6-13/h5-8,12,15-16,19H,3-4,9-11H2,1-2H3/t12-,15?,16?/m1/s1. The maximum Gasteiger partial charge on any atom is 0.0661 e. The van der Waals surface area contributed by atoms with Crippen LogP contribution in [0, 0.1) is 5.41 Å². The van der Waals surface area contributed by atoms with Gasteiger partial charge in [0.15, 0.2) is 0 Å². The first kappa shape index (κ1) is 14.6. The molecule has 1 N–H and O–H groups in total. The van der Waals surface area contributed by atoms with Gasteiger partial charge in [-0.2, -0.15) is 0 Å². The number of rotatable bonds is 5. The van der Waals surface area contributed by atoms with Crippen molar-refractivity contribution in [3.63, 3.8) is 0 Å². The van der Waals surface area contributed by atoms with Crippen molar-refractivity contribution in [3.8, 4) is 0 Å². The second kappa shape index (κ2) is 5.78. The van der Waals surface area contributed by atoms with E-state index < -0.39 is 0 Å². The van der Waals surface area contributed by atoms with Gasteiger partial charge in [-0.25, -0.2) is 0 Å². The highest BCUT2D eigenvalue weighted by atomic mass is 79.9. The summed E-state index contributed by atoms with van der Waals surface area (Å²) in [7, 11) is 0. The van der Waals surface area contributed by atoms with E-state index in [0.29, 0.717) is 23.6 Å². The third kappa shape index (κ3) is 2.44. The van der Waals surface area contributed by atoms with Crippen LogP contribution in [0.15, 0.2) is 28.7 Å². The van der Waals surface area contributed by atoms with E-state index in [9.17, 15) is 0 Å². The van der Waals surface area contributed by atoms with Gasteiger partial charge in [0.05, 0.1) is 6.10 Å². The van der Waals surface area contributed by atoms with Crippen LogP contribution in [0.5, 0.6) is 0 Å². The van der Waals surface area contributed by atoms with Crippen LogP contribution in [0.4, 0.5) is 0 Å². The normalized spacial score (nSPS) is 28.8. The van der Waals surface area contributed by atoms with Gasteiger partial charge in [0, 0.05) is 28.6 Å². The topological polar surface area (TPSA) is 21.3 Å². The molecule has 2 saturated carbocycles. The summed E-state index contributed by atoms with van der Waals surface area (Å²) in [5.74, 6) is 0. The Kier molecular flexibility index (Phi) is 4.21. The second-order valence-electron chi connectivity index (χ2n) is 6.26. The molecule has 0 aliphatic heterocycles. The number of benzene rings is 1. The summed E-state index contributed by atoms with van der Waals surface area (Å²) in [6, 6.07) is 9.69. The van der Waals surface area contributed by atoms with Crippen LogP contribution >= 0.6 is 15.9 Å². The van der Waals surface area contributed by atoms with Gasteiger partial charge in [0.25, 0.3) is 0 Å². The molecule has 3 heteroatoms. The Labute approximate surface area is 130 Å². The molecule has 1 spiro atoms. The van der Waals surface area contributed by atoms with Crippen molar-refractivity contribution in [1.29, 1.82) is 0 Å². The van der Waals surface area contributed by atoms with Crippen LogP contribution in [0.25, 0.3) is 0 Å². The zero-order valence-corrected chi connectivity index (χ0v) is 13.9. The van der Waals surface area contributed by atoms with E-state index in [2.05, 4.69) is 59.4 Å². The predicted molar refractivity (Wildman–Crippen MR) is 85.8 cm³/mol. The molecule has 2 unspecified atom stereocenters. The fourth-order valence-electron chi connectivity index (χ4n) is 3.82. The first-order chi connectivity index (χ1) is 9.65. The van der Waals surface area contributed by atoms with Crippen molar-refractivity contribution in [3.05, 3.63) is 34.3 Å². The van der Waals surface area contributed by atoms with Crippen molar-refractivity contribution in [1.82, 2.24) is 5.32 Å². The quantitative estimate of drug-likeness (QED) is 0.857. The van der Waals surface area contributed by atoms with Crippen molar-refractivity contribution in [2.24, 2.45) is 5.41 Å². The van der Waals surface area contributed by atoms with Crippen molar-refractivity contribution in [2.75, 3.05) is 6.61 Å². The Morgan fingerprint density at radius 2 is 2.05 bits per heavy atom. The fourth-order valence-corrected chi connectivity index (χ4v) is 4.09. The molecule has 2 nitrogen and oxygen atoms in total. The predicted octanol–water partition coefficient (Wildman–Crippen LogP) is 4.45. The first-order valence-corrected chi connectivity index (χ1v) is 8.58. The zero-order valence-electron chi connectivity index (χ0n) is 12.4. The fraction of sp³-hybridized carbons (Fsp3) is 0.647. The Balaban J connectivity index is 1.62. The van der Waals surface area contributed by atoms with Crippen molar-refractivity contribution >= 4 is 15.9 Å². The Morgan fingerprint density at radius 3 is 2.60 bits per heavy atom. The van der Waals surface area contributed by atoms with Gasteiger partial charge < -0.3 is 10.1 Å². The molecule has 0 bridgehead atoms. The van der Waals surface area contributed by atoms with E-state index in [1.807, 2.05) is 0 Å². The number of hydrogen-bond acceptors (Lipinski definition) is 2. The lowest BCUT2D eigenvalue weighted by atomic mass is 9.51. The molecule has 0 aromatic heterocycles. The summed E-state index contributed by atoms with van der Waals surface area (Å²) in [6.07, 6.45) is 5.71. The molecule has 110 valence electrons. The summed E-state index contributed by atoms with van der Waals surface area (Å²) in [5, 5.41) is 3.84. The van der Waals surface area contributed by atoms with Crippen LogP contribution < -0.4 is 5.32 Å². The Morgan fingerprint density at radius 1 is 1.35 bits per heavy atom. The highest BCUT2D eigenvalue weighted by Crippen LogP contribution is 2.57. The maximum atomic E-state index is 5.92. The lowest BCUT2D eigenvalue weighted by Gasteiger charge is -2.61. The van der Waals surface area contributed by atoms with Crippen LogP contribution in [-0.4, -0.2) is 18.8 Å². The van der Waals surface area contributed by atoms with Gasteiger partial charge >= 0.3 is 0 Å². The average Bonchev–Trinajstić information content (AvgIpc) is 2.36. The van der Waals surface area contributed by atoms with Gasteiger partial charge in [-0.15, -0.1) is 0 Å². The summed E-state index contributed by atoms with van der Waals surface area (Å²) in [4.78, 5) is 0. The third-order valence-electron chi connectivity index (χ3n) is 5.26. The van der Waals surface area contributed by atoms with E-state index in [4.69, 9.17) is 4.74 Å². The maximum absolute atomic E-state index is 5.92. The van der Waals surface area contributed by atoms with E-state index in [-0.39, 0.29) is 0 Å². The van der Waals surface area contributed by atoms with Crippen molar-refractivity contribution < 1.29 is 4.74 Å². The summed E-state index contributed by atoms with van der Waals surface area (Å²) in [5.41, 5.74) is 1.81. The minimum Gasteiger partial charge on any atom is -0.378 e. The van der Waals surface area contributed by atoms with Crippen LogP contribution in [0.3, 0.4) is 0 Å². The van der Waals surface area contributed by atoms with Crippen LogP contribution in [0.1, 0.15) is 51.1 Å². The monoisotopic (exact) mass is 337 g/mol. The lowest BCUT2D eigenvalue weighted by Crippen LogP contribution is -2.67. The van der Waals surface area contributed by atoms with Crippen LogP contribution in [0.2, 0.25) is 0 Å². The molecular formula is C17H24BrNO. The van der Waals surface area contributed by atoms with Gasteiger partial charge in [0.2, 0.25) is 0 Å². The molecule has 1 aromatic rings. The minimum absolute atomic E-state index is 0.410. The molecular weight excluding hydrogens is 314 g/mol. The lowest BCUT2D eigenvalue weighted by molar-refractivity contribution is -0.174. The molecule has 0 radical (unpaired) electrons. The number of nitrogens with one attached hydrogen (secondary N) is 1. The molecule has 0 heterocycles. The average molecular weight is 338 g/mol. The van der Waals surface area contributed by atoms with Crippen LogP contribution in [-0.2, 0) is 4.74 Å². The van der Waals surface area contributed by atoms with E-state index in [1.165, 1.54) is 31.2 Å². The molecule has 2 aliphatic rings. The summed E-state index contributed by atoms with van der Waals surface area (Å²) < 4.78 is 7.07. The van der Waals surface area contributed by atoms with Gasteiger partial charge in [-0.3, -0.25) is 0 Å². The highest BCUT2D eigenvalue weighted by Gasteiger charge is 2.58. The summed E-state index contributed by atoms with van der Waals surface area (Å²) >= 11 is 3.50. The molecule has 1 aromatic carbocycles. The largest absolute Gasteiger partial charge is 0.378 e. The van der Waals surface area contributed by atoms with E-state index in [1.54, 1.807) is 0 Å². The molecule has 3 atom stereocenters. The third-order valence-corrected chi connectivity index (χ3v) is 5.79. The van der Waals surface area contributed by atoms with Gasteiger partial charge in [-0.1, -0.05) is 34.5 Å². The van der Waals surface area contributed by atoms with E-state index >= 15 is 0 Å². The Bertz CT molecular complexity index is 455. The highest BCUT2D eigenvalue weighted by molar-refractivity contribution is 9.10.